The molecule has 0 heterocycles. The van der Waals surface area contributed by atoms with Crippen molar-refractivity contribution in [2.45, 2.75) is 23.8 Å². The summed E-state index contributed by atoms with van der Waals surface area (Å²) in [6, 6.07) is 20.3. The van der Waals surface area contributed by atoms with Crippen LogP contribution in [0, 0.1) is 0 Å². The van der Waals surface area contributed by atoms with E-state index in [1.54, 1.807) is 30.3 Å². The zero-order valence-corrected chi connectivity index (χ0v) is 17.7. The minimum Gasteiger partial charge on any atom is -0.495 e. The fraction of sp³-hybridized carbons (Fsp3) is 0.174. The largest absolute Gasteiger partial charge is 0.495 e. The Balaban J connectivity index is 1.53. The standard InChI is InChI=1S/C23H22N2O5S/c1-29-21-14-7-16(23(26)24-17-8-9-17)15-22(21)31(27,28)25-18-10-12-20(13-11-18)30-19-5-3-2-4-6-19/h2-7,10-15,17,25H,8-9H2,1H3,(H,24,26). The second kappa shape index (κ2) is 8.69. The highest BCUT2D eigenvalue weighted by Crippen LogP contribution is 2.29. The van der Waals surface area contributed by atoms with Crippen molar-refractivity contribution in [3.63, 3.8) is 0 Å². The van der Waals surface area contributed by atoms with Gasteiger partial charge in [0.1, 0.15) is 22.1 Å². The Kier molecular flexibility index (Phi) is 5.81. The molecule has 2 N–H and O–H groups in total. The van der Waals surface area contributed by atoms with Crippen LogP contribution < -0.4 is 19.5 Å². The molecule has 1 aliphatic carbocycles. The lowest BCUT2D eigenvalue weighted by molar-refractivity contribution is 0.0951. The molecule has 1 saturated carbocycles. The molecule has 1 fully saturated rings. The van der Waals surface area contributed by atoms with Crippen molar-refractivity contribution >= 4 is 21.6 Å². The molecule has 0 unspecified atom stereocenters. The van der Waals surface area contributed by atoms with E-state index in [0.29, 0.717) is 17.2 Å². The monoisotopic (exact) mass is 438 g/mol. The van der Waals surface area contributed by atoms with E-state index >= 15 is 0 Å². The minimum absolute atomic E-state index is 0.108. The molecule has 1 aliphatic rings. The number of sulfonamides is 1. The van der Waals surface area contributed by atoms with E-state index in [2.05, 4.69) is 10.0 Å². The molecule has 4 rings (SSSR count). The summed E-state index contributed by atoms with van der Waals surface area (Å²) in [7, 11) is -2.61. The van der Waals surface area contributed by atoms with E-state index in [0.717, 1.165) is 12.8 Å². The lowest BCUT2D eigenvalue weighted by Gasteiger charge is -2.13. The summed E-state index contributed by atoms with van der Waals surface area (Å²) in [4.78, 5) is 12.2. The van der Waals surface area contributed by atoms with Crippen LogP contribution in [-0.2, 0) is 10.0 Å². The molecule has 0 saturated heterocycles. The van der Waals surface area contributed by atoms with Crippen molar-refractivity contribution < 1.29 is 22.7 Å². The molecule has 7 nitrogen and oxygen atoms in total. The summed E-state index contributed by atoms with van der Waals surface area (Å²) in [5.74, 6) is 1.11. The fourth-order valence-electron chi connectivity index (χ4n) is 2.95. The Bertz CT molecular complexity index is 1170. The van der Waals surface area contributed by atoms with Gasteiger partial charge in [-0.15, -0.1) is 0 Å². The van der Waals surface area contributed by atoms with Crippen molar-refractivity contribution in [2.24, 2.45) is 0 Å². The zero-order chi connectivity index (χ0) is 21.8. The number of hydrogen-bond acceptors (Lipinski definition) is 5. The van der Waals surface area contributed by atoms with Crippen LogP contribution in [0.4, 0.5) is 5.69 Å². The van der Waals surface area contributed by atoms with E-state index in [1.165, 1.54) is 19.2 Å². The van der Waals surface area contributed by atoms with Gasteiger partial charge in [-0.25, -0.2) is 8.42 Å². The highest BCUT2D eigenvalue weighted by molar-refractivity contribution is 7.92. The topological polar surface area (TPSA) is 93.7 Å². The predicted octanol–water partition coefficient (Wildman–Crippen LogP) is 4.18. The Morgan fingerprint density at radius 2 is 1.61 bits per heavy atom. The molecule has 0 aliphatic heterocycles. The second-order valence-corrected chi connectivity index (χ2v) is 8.81. The summed E-state index contributed by atoms with van der Waals surface area (Å²) in [5.41, 5.74) is 0.620. The van der Waals surface area contributed by atoms with E-state index in [4.69, 9.17) is 9.47 Å². The van der Waals surface area contributed by atoms with Gasteiger partial charge in [0.05, 0.1) is 7.11 Å². The molecule has 0 bridgehead atoms. The molecule has 3 aromatic rings. The third-order valence-corrected chi connectivity index (χ3v) is 6.12. The summed E-state index contributed by atoms with van der Waals surface area (Å²) in [5, 5.41) is 2.85. The van der Waals surface area contributed by atoms with E-state index in [9.17, 15) is 13.2 Å². The van der Waals surface area contributed by atoms with E-state index < -0.39 is 10.0 Å². The number of benzene rings is 3. The Hall–Kier alpha value is -3.52. The number of anilines is 1. The Morgan fingerprint density at radius 1 is 0.935 bits per heavy atom. The van der Waals surface area contributed by atoms with Gasteiger partial charge in [0.2, 0.25) is 0 Å². The number of para-hydroxylation sites is 1. The Labute approximate surface area is 181 Å². The molecule has 160 valence electrons. The Morgan fingerprint density at radius 3 is 2.26 bits per heavy atom. The van der Waals surface area contributed by atoms with Crippen LogP contribution in [0.25, 0.3) is 0 Å². The van der Waals surface area contributed by atoms with Crippen LogP contribution in [0.2, 0.25) is 0 Å². The molecular weight excluding hydrogens is 416 g/mol. The maximum atomic E-state index is 13.0. The van der Waals surface area contributed by atoms with Gasteiger partial charge in [-0.2, -0.15) is 0 Å². The highest BCUT2D eigenvalue weighted by atomic mass is 32.2. The van der Waals surface area contributed by atoms with Crippen LogP contribution in [0.5, 0.6) is 17.2 Å². The summed E-state index contributed by atoms with van der Waals surface area (Å²) in [6.07, 6.45) is 1.89. The van der Waals surface area contributed by atoms with Gasteiger partial charge in [-0.1, -0.05) is 18.2 Å². The van der Waals surface area contributed by atoms with Crippen molar-refractivity contribution in [3.8, 4) is 17.2 Å². The summed E-state index contributed by atoms with van der Waals surface area (Å²) < 4.78 is 39.5. The van der Waals surface area contributed by atoms with Gasteiger partial charge < -0.3 is 14.8 Å². The summed E-state index contributed by atoms with van der Waals surface area (Å²) >= 11 is 0. The van der Waals surface area contributed by atoms with Gasteiger partial charge in [-0.3, -0.25) is 9.52 Å². The van der Waals surface area contributed by atoms with Crippen LogP contribution in [-0.4, -0.2) is 27.5 Å². The number of carbonyl (C=O) groups excluding carboxylic acids is 1. The lowest BCUT2D eigenvalue weighted by Crippen LogP contribution is -2.25. The number of ether oxygens (including phenoxy) is 2. The van der Waals surface area contributed by atoms with Gasteiger partial charge in [0, 0.05) is 17.3 Å². The second-order valence-electron chi connectivity index (χ2n) is 7.16. The van der Waals surface area contributed by atoms with Gasteiger partial charge in [0.15, 0.2) is 0 Å². The maximum Gasteiger partial charge on any atom is 0.265 e. The molecule has 0 radical (unpaired) electrons. The molecule has 0 spiro atoms. The third kappa shape index (κ3) is 5.16. The molecule has 3 aromatic carbocycles. The first-order valence-corrected chi connectivity index (χ1v) is 11.3. The number of nitrogens with one attached hydrogen (secondary N) is 2. The smallest absolute Gasteiger partial charge is 0.265 e. The molecular formula is C23H22N2O5S. The number of carbonyl (C=O) groups is 1. The predicted molar refractivity (Wildman–Crippen MR) is 117 cm³/mol. The van der Waals surface area contributed by atoms with Gasteiger partial charge in [0.25, 0.3) is 15.9 Å². The SMILES string of the molecule is COc1ccc(C(=O)NC2CC2)cc1S(=O)(=O)Nc1ccc(Oc2ccccc2)cc1. The minimum atomic E-state index is -3.99. The molecule has 0 aromatic heterocycles. The van der Waals surface area contributed by atoms with Crippen molar-refractivity contribution in [3.05, 3.63) is 78.4 Å². The third-order valence-electron chi connectivity index (χ3n) is 4.71. The molecule has 8 heteroatoms. The molecule has 0 atom stereocenters. The van der Waals surface area contributed by atoms with Gasteiger partial charge >= 0.3 is 0 Å². The number of hydrogen-bond donors (Lipinski definition) is 2. The molecule has 31 heavy (non-hydrogen) atoms. The zero-order valence-electron chi connectivity index (χ0n) is 16.9. The maximum absolute atomic E-state index is 13.0. The van der Waals surface area contributed by atoms with Crippen molar-refractivity contribution in [2.75, 3.05) is 11.8 Å². The number of rotatable bonds is 8. The lowest BCUT2D eigenvalue weighted by atomic mass is 10.2. The number of amides is 1. The highest BCUT2D eigenvalue weighted by Gasteiger charge is 2.26. The van der Waals surface area contributed by atoms with Crippen LogP contribution in [0.1, 0.15) is 23.2 Å². The number of methoxy groups -OCH3 is 1. The first kappa shape index (κ1) is 20.7. The quantitative estimate of drug-likeness (QED) is 0.550. The fourth-order valence-corrected chi connectivity index (χ4v) is 4.20. The van der Waals surface area contributed by atoms with E-state index in [1.807, 2.05) is 30.3 Å². The van der Waals surface area contributed by atoms with Crippen molar-refractivity contribution in [1.29, 1.82) is 0 Å². The van der Waals surface area contributed by atoms with E-state index in [-0.39, 0.29) is 28.2 Å². The summed E-state index contributed by atoms with van der Waals surface area (Å²) in [6.45, 7) is 0. The van der Waals surface area contributed by atoms with Gasteiger partial charge in [-0.05, 0) is 67.4 Å². The van der Waals surface area contributed by atoms with Crippen molar-refractivity contribution in [1.82, 2.24) is 5.32 Å². The molecule has 1 amide bonds. The first-order chi connectivity index (χ1) is 14.9. The van der Waals surface area contributed by atoms with Crippen LogP contribution in [0.3, 0.4) is 0 Å². The normalized spacial score (nSPS) is 13.3. The first-order valence-electron chi connectivity index (χ1n) is 9.79. The van der Waals surface area contributed by atoms with Crippen LogP contribution in [0.15, 0.2) is 77.7 Å². The average Bonchev–Trinajstić information content (AvgIpc) is 3.59. The average molecular weight is 439 g/mol. The van der Waals surface area contributed by atoms with Crippen LogP contribution >= 0.6 is 0 Å².